The minimum atomic E-state index is 0. The number of rotatable bonds is 7. The van der Waals surface area contributed by atoms with Crippen molar-refractivity contribution in [3.05, 3.63) is 47.3 Å². The van der Waals surface area contributed by atoms with Gasteiger partial charge in [0.05, 0.1) is 0 Å². The van der Waals surface area contributed by atoms with Crippen LogP contribution in [0.15, 0.2) is 45.9 Å². The van der Waals surface area contributed by atoms with E-state index in [0.29, 0.717) is 29.3 Å². The second kappa shape index (κ2) is 12.3. The Morgan fingerprint density at radius 1 is 1.30 bits per heavy atom. The van der Waals surface area contributed by atoms with Crippen molar-refractivity contribution in [1.29, 1.82) is 0 Å². The van der Waals surface area contributed by atoms with Crippen molar-refractivity contribution in [3.63, 3.8) is 0 Å². The minimum absolute atomic E-state index is 0. The summed E-state index contributed by atoms with van der Waals surface area (Å²) in [5.41, 5.74) is 2.07. The molecular weight excluding hydrogens is 515 g/mol. The lowest BCUT2D eigenvalue weighted by Crippen LogP contribution is -2.48. The Labute approximate surface area is 200 Å². The summed E-state index contributed by atoms with van der Waals surface area (Å²) in [7, 11) is 0. The van der Waals surface area contributed by atoms with Gasteiger partial charge in [0.2, 0.25) is 11.7 Å². The molecule has 164 valence electrons. The number of halogens is 2. The second-order valence-electron chi connectivity index (χ2n) is 7.37. The summed E-state index contributed by atoms with van der Waals surface area (Å²) < 4.78 is 5.35. The van der Waals surface area contributed by atoms with Gasteiger partial charge in [0.25, 0.3) is 0 Å². The fraction of sp³-hybridized carbons (Fsp3) is 0.476. The van der Waals surface area contributed by atoms with Gasteiger partial charge < -0.3 is 15.2 Å². The lowest BCUT2D eigenvalue weighted by Gasteiger charge is -2.33. The first-order valence-corrected chi connectivity index (χ1v) is 10.4. The molecule has 1 aromatic carbocycles. The Hall–Kier alpha value is -1.65. The van der Waals surface area contributed by atoms with Crippen LogP contribution >= 0.6 is 35.6 Å². The number of piperidine rings is 1. The van der Waals surface area contributed by atoms with Gasteiger partial charge >= 0.3 is 0 Å². The molecule has 0 amide bonds. The maximum absolute atomic E-state index is 5.93. The first-order chi connectivity index (χ1) is 14.0. The molecule has 3 rings (SSSR count). The molecule has 30 heavy (non-hydrogen) atoms. The number of guanidine groups is 1. The third-order valence-electron chi connectivity index (χ3n) is 4.71. The van der Waals surface area contributed by atoms with Crippen molar-refractivity contribution in [2.24, 2.45) is 4.99 Å². The SMILES string of the molecule is C=C(C)CN1CCC(NC(=NCc2nc(-c3ccc(Cl)cc3)no2)NCC)CC1.I. The predicted molar refractivity (Wildman–Crippen MR) is 132 cm³/mol. The normalized spacial score (nSPS) is 15.5. The lowest BCUT2D eigenvalue weighted by atomic mass is 10.0. The van der Waals surface area contributed by atoms with Crippen LogP contribution in [0.5, 0.6) is 0 Å². The summed E-state index contributed by atoms with van der Waals surface area (Å²) >= 11 is 5.93. The molecule has 0 saturated carbocycles. The fourth-order valence-corrected chi connectivity index (χ4v) is 3.44. The largest absolute Gasteiger partial charge is 0.357 e. The summed E-state index contributed by atoms with van der Waals surface area (Å²) in [6, 6.07) is 7.75. The number of aliphatic imine (C=N–C) groups is 1. The minimum Gasteiger partial charge on any atom is -0.357 e. The molecule has 0 unspecified atom stereocenters. The molecule has 1 aliphatic rings. The molecule has 1 aromatic heterocycles. The first kappa shape index (κ1) is 24.6. The summed E-state index contributed by atoms with van der Waals surface area (Å²) in [5, 5.41) is 11.5. The average Bonchev–Trinajstić information content (AvgIpc) is 3.17. The first-order valence-electron chi connectivity index (χ1n) is 10.0. The van der Waals surface area contributed by atoms with Crippen molar-refractivity contribution in [3.8, 4) is 11.4 Å². The molecular formula is C21H30ClIN6O. The molecule has 1 saturated heterocycles. The smallest absolute Gasteiger partial charge is 0.248 e. The molecule has 0 spiro atoms. The highest BCUT2D eigenvalue weighted by atomic mass is 127. The summed E-state index contributed by atoms with van der Waals surface area (Å²) in [6.07, 6.45) is 2.16. The Morgan fingerprint density at radius 3 is 2.63 bits per heavy atom. The van der Waals surface area contributed by atoms with Gasteiger partial charge in [-0.25, -0.2) is 4.99 Å². The number of hydrogen-bond acceptors (Lipinski definition) is 5. The number of hydrogen-bond donors (Lipinski definition) is 2. The van der Waals surface area contributed by atoms with Crippen LogP contribution in [0.4, 0.5) is 0 Å². The molecule has 7 nitrogen and oxygen atoms in total. The zero-order valence-corrected chi connectivity index (χ0v) is 20.6. The van der Waals surface area contributed by atoms with Gasteiger partial charge in [-0.2, -0.15) is 4.98 Å². The number of nitrogens with one attached hydrogen (secondary N) is 2. The Bertz CT molecular complexity index is 830. The third kappa shape index (κ3) is 7.55. The lowest BCUT2D eigenvalue weighted by molar-refractivity contribution is 0.221. The number of aromatic nitrogens is 2. The van der Waals surface area contributed by atoms with E-state index in [0.717, 1.165) is 50.5 Å². The highest BCUT2D eigenvalue weighted by molar-refractivity contribution is 14.0. The Morgan fingerprint density at radius 2 is 2.00 bits per heavy atom. The topological polar surface area (TPSA) is 78.6 Å². The summed E-state index contributed by atoms with van der Waals surface area (Å²) in [6.45, 7) is 12.4. The Balaban J connectivity index is 0.00000320. The summed E-state index contributed by atoms with van der Waals surface area (Å²) in [5.74, 6) is 1.79. The molecule has 2 heterocycles. The maximum Gasteiger partial charge on any atom is 0.248 e. The van der Waals surface area contributed by atoms with E-state index in [2.05, 4.69) is 51.1 Å². The van der Waals surface area contributed by atoms with Gasteiger partial charge in [0, 0.05) is 42.8 Å². The number of nitrogens with zero attached hydrogens (tertiary/aromatic N) is 4. The van der Waals surface area contributed by atoms with E-state index < -0.39 is 0 Å². The van der Waals surface area contributed by atoms with Crippen LogP contribution in [0.25, 0.3) is 11.4 Å². The predicted octanol–water partition coefficient (Wildman–Crippen LogP) is 4.10. The average molecular weight is 545 g/mol. The standard InChI is InChI=1S/C21H29ClN6O.HI/c1-4-23-21(25-18-9-11-28(12-10-18)14-15(2)3)24-13-19-26-20(27-29-19)16-5-7-17(22)8-6-16;/h5-8,18H,2,4,9-14H2,1,3H3,(H2,23,24,25);1H. The highest BCUT2D eigenvalue weighted by Gasteiger charge is 2.20. The quantitative estimate of drug-likeness (QED) is 0.237. The molecule has 0 radical (unpaired) electrons. The molecule has 2 aromatic rings. The highest BCUT2D eigenvalue weighted by Crippen LogP contribution is 2.19. The van der Waals surface area contributed by atoms with E-state index in [1.54, 1.807) is 12.1 Å². The van der Waals surface area contributed by atoms with Crippen LogP contribution in [-0.4, -0.2) is 53.2 Å². The van der Waals surface area contributed by atoms with Crippen molar-refractivity contribution in [2.75, 3.05) is 26.2 Å². The van der Waals surface area contributed by atoms with E-state index in [4.69, 9.17) is 16.1 Å². The van der Waals surface area contributed by atoms with Gasteiger partial charge in [-0.1, -0.05) is 28.9 Å². The van der Waals surface area contributed by atoms with Gasteiger partial charge in [-0.15, -0.1) is 24.0 Å². The summed E-state index contributed by atoms with van der Waals surface area (Å²) in [4.78, 5) is 11.5. The second-order valence-corrected chi connectivity index (χ2v) is 7.80. The van der Waals surface area contributed by atoms with Crippen molar-refractivity contribution in [2.45, 2.75) is 39.3 Å². The molecule has 0 atom stereocenters. The van der Waals surface area contributed by atoms with Gasteiger partial charge in [0.1, 0.15) is 6.54 Å². The van der Waals surface area contributed by atoms with E-state index in [1.807, 2.05) is 12.1 Å². The van der Waals surface area contributed by atoms with Crippen LogP contribution in [-0.2, 0) is 6.54 Å². The molecule has 0 bridgehead atoms. The zero-order chi connectivity index (χ0) is 20.6. The molecule has 9 heteroatoms. The fourth-order valence-electron chi connectivity index (χ4n) is 3.31. The van der Waals surface area contributed by atoms with E-state index >= 15 is 0 Å². The van der Waals surface area contributed by atoms with Crippen molar-refractivity contribution >= 4 is 41.5 Å². The van der Waals surface area contributed by atoms with Crippen LogP contribution in [0, 0.1) is 0 Å². The number of likely N-dealkylation sites (tertiary alicyclic amines) is 1. The molecule has 1 fully saturated rings. The molecule has 2 N–H and O–H groups in total. The number of benzene rings is 1. The molecule has 1 aliphatic heterocycles. The van der Waals surface area contributed by atoms with Crippen molar-refractivity contribution < 1.29 is 4.52 Å². The third-order valence-corrected chi connectivity index (χ3v) is 4.96. The van der Waals surface area contributed by atoms with E-state index in [-0.39, 0.29) is 24.0 Å². The Kier molecular flexibility index (Phi) is 10.1. The van der Waals surface area contributed by atoms with E-state index in [9.17, 15) is 0 Å². The van der Waals surface area contributed by atoms with Crippen LogP contribution in [0.3, 0.4) is 0 Å². The monoisotopic (exact) mass is 544 g/mol. The van der Waals surface area contributed by atoms with Gasteiger partial charge in [-0.05, 0) is 51.0 Å². The van der Waals surface area contributed by atoms with Crippen LogP contribution in [0.1, 0.15) is 32.6 Å². The van der Waals surface area contributed by atoms with Crippen molar-refractivity contribution in [1.82, 2.24) is 25.7 Å². The zero-order valence-electron chi connectivity index (χ0n) is 17.5. The van der Waals surface area contributed by atoms with Gasteiger partial charge in [-0.3, -0.25) is 4.90 Å². The van der Waals surface area contributed by atoms with Crippen LogP contribution < -0.4 is 10.6 Å². The van der Waals surface area contributed by atoms with Gasteiger partial charge in [0.15, 0.2) is 5.96 Å². The van der Waals surface area contributed by atoms with Crippen LogP contribution in [0.2, 0.25) is 5.02 Å². The van der Waals surface area contributed by atoms with E-state index in [1.165, 1.54) is 5.57 Å². The molecule has 0 aliphatic carbocycles. The maximum atomic E-state index is 5.93.